The van der Waals surface area contributed by atoms with E-state index in [9.17, 15) is 9.59 Å². The largest absolute Gasteiger partial charge is 0.493 e. The first-order valence-corrected chi connectivity index (χ1v) is 9.52. The molecule has 1 aliphatic rings. The van der Waals surface area contributed by atoms with E-state index in [-0.39, 0.29) is 17.7 Å². The predicted octanol–water partition coefficient (Wildman–Crippen LogP) is 4.98. The molecule has 1 saturated heterocycles. The molecule has 0 N–H and O–H groups in total. The van der Waals surface area contributed by atoms with Crippen molar-refractivity contribution in [2.75, 3.05) is 13.7 Å². The van der Waals surface area contributed by atoms with Crippen LogP contribution in [0.1, 0.15) is 18.1 Å². The maximum Gasteiger partial charge on any atom is 0.293 e. The van der Waals surface area contributed by atoms with Gasteiger partial charge in [0.1, 0.15) is 0 Å². The van der Waals surface area contributed by atoms with E-state index < -0.39 is 0 Å². The molecule has 140 valence electrons. The van der Waals surface area contributed by atoms with E-state index in [2.05, 4.69) is 0 Å². The molecule has 7 heteroatoms. The van der Waals surface area contributed by atoms with Gasteiger partial charge in [0.25, 0.3) is 11.1 Å². The summed E-state index contributed by atoms with van der Waals surface area (Å²) < 4.78 is 10.8. The zero-order valence-corrected chi connectivity index (χ0v) is 16.5. The van der Waals surface area contributed by atoms with Crippen molar-refractivity contribution < 1.29 is 19.1 Å². The number of hydrogen-bond acceptors (Lipinski definition) is 5. The average molecular weight is 404 g/mol. The second-order valence-corrected chi connectivity index (χ2v) is 7.10. The van der Waals surface area contributed by atoms with Gasteiger partial charge in [-0.15, -0.1) is 0 Å². The Bertz CT molecular complexity index is 913. The average Bonchev–Trinajstić information content (AvgIpc) is 2.91. The zero-order valence-electron chi connectivity index (χ0n) is 14.9. The quantitative estimate of drug-likeness (QED) is 0.636. The zero-order chi connectivity index (χ0) is 19.4. The number of rotatable bonds is 6. The van der Waals surface area contributed by atoms with Crippen LogP contribution in [0.4, 0.5) is 4.79 Å². The molecule has 27 heavy (non-hydrogen) atoms. The van der Waals surface area contributed by atoms with Gasteiger partial charge in [0.05, 0.1) is 25.2 Å². The lowest BCUT2D eigenvalue weighted by Crippen LogP contribution is -2.27. The minimum Gasteiger partial charge on any atom is -0.493 e. The van der Waals surface area contributed by atoms with E-state index in [1.54, 1.807) is 43.5 Å². The van der Waals surface area contributed by atoms with Crippen LogP contribution < -0.4 is 9.47 Å². The first kappa shape index (κ1) is 19.3. The fourth-order valence-corrected chi connectivity index (χ4v) is 3.67. The number of methoxy groups -OCH3 is 1. The van der Waals surface area contributed by atoms with Crippen LogP contribution in [-0.4, -0.2) is 29.8 Å². The fourth-order valence-electron chi connectivity index (χ4n) is 2.64. The number of nitrogens with zero attached hydrogens (tertiary/aromatic N) is 1. The number of carbonyl (C=O) groups is 2. The van der Waals surface area contributed by atoms with Crippen molar-refractivity contribution in [2.45, 2.75) is 13.5 Å². The molecular weight excluding hydrogens is 386 g/mol. The first-order valence-electron chi connectivity index (χ1n) is 8.33. The van der Waals surface area contributed by atoms with Gasteiger partial charge in [-0.1, -0.05) is 35.9 Å². The highest BCUT2D eigenvalue weighted by Crippen LogP contribution is 2.35. The number of hydrogen-bond donors (Lipinski definition) is 0. The van der Waals surface area contributed by atoms with Crippen molar-refractivity contribution in [3.8, 4) is 11.5 Å². The van der Waals surface area contributed by atoms with Crippen molar-refractivity contribution >= 4 is 40.6 Å². The van der Waals surface area contributed by atoms with Crippen LogP contribution in [0.25, 0.3) is 6.08 Å². The Balaban J connectivity index is 1.84. The molecule has 0 aliphatic carbocycles. The summed E-state index contributed by atoms with van der Waals surface area (Å²) in [5.41, 5.74) is 1.48. The van der Waals surface area contributed by atoms with Gasteiger partial charge in [0.2, 0.25) is 0 Å². The minimum atomic E-state index is -0.335. The molecule has 1 heterocycles. The summed E-state index contributed by atoms with van der Waals surface area (Å²) >= 11 is 7.06. The van der Waals surface area contributed by atoms with Crippen LogP contribution >= 0.6 is 23.4 Å². The number of ether oxygens (including phenoxy) is 2. The third kappa shape index (κ3) is 4.28. The molecule has 0 radical (unpaired) electrons. The maximum atomic E-state index is 12.7. The molecule has 2 aromatic rings. The monoisotopic (exact) mass is 403 g/mol. The summed E-state index contributed by atoms with van der Waals surface area (Å²) in [6.07, 6.45) is 1.68. The van der Waals surface area contributed by atoms with Gasteiger partial charge in [0, 0.05) is 5.02 Å². The molecule has 0 bridgehead atoms. The first-order chi connectivity index (χ1) is 13.0. The van der Waals surface area contributed by atoms with Gasteiger partial charge in [-0.3, -0.25) is 14.5 Å². The maximum absolute atomic E-state index is 12.7. The SMILES string of the molecule is CCOc1cc(/C=C2/SC(=O)N(Cc3ccccc3Cl)C2=O)ccc1OC. The third-order valence-corrected chi connectivity index (χ3v) is 5.22. The number of thioether (sulfide) groups is 1. The van der Waals surface area contributed by atoms with Gasteiger partial charge < -0.3 is 9.47 Å². The Morgan fingerprint density at radius 2 is 1.93 bits per heavy atom. The van der Waals surface area contributed by atoms with E-state index in [1.165, 1.54) is 4.90 Å². The van der Waals surface area contributed by atoms with Crippen molar-refractivity contribution in [3.05, 3.63) is 63.5 Å². The van der Waals surface area contributed by atoms with Crippen LogP contribution in [-0.2, 0) is 11.3 Å². The molecular formula is C20H18ClNO4S. The topological polar surface area (TPSA) is 55.8 Å². The molecule has 0 atom stereocenters. The number of benzene rings is 2. The van der Waals surface area contributed by atoms with E-state index in [0.717, 1.165) is 22.9 Å². The predicted molar refractivity (Wildman–Crippen MR) is 107 cm³/mol. The number of imide groups is 1. The molecule has 0 aromatic heterocycles. The summed E-state index contributed by atoms with van der Waals surface area (Å²) in [7, 11) is 1.57. The molecule has 1 aliphatic heterocycles. The molecule has 2 aromatic carbocycles. The highest BCUT2D eigenvalue weighted by atomic mass is 35.5. The lowest BCUT2D eigenvalue weighted by atomic mass is 10.1. The van der Waals surface area contributed by atoms with Crippen molar-refractivity contribution in [2.24, 2.45) is 0 Å². The van der Waals surface area contributed by atoms with Crippen molar-refractivity contribution in [3.63, 3.8) is 0 Å². The Kier molecular flexibility index (Phi) is 6.08. The Morgan fingerprint density at radius 1 is 1.15 bits per heavy atom. The summed E-state index contributed by atoms with van der Waals surface area (Å²) in [5, 5.41) is 0.210. The van der Waals surface area contributed by atoms with Crippen LogP contribution in [0.2, 0.25) is 5.02 Å². The van der Waals surface area contributed by atoms with E-state index in [0.29, 0.717) is 28.0 Å². The van der Waals surface area contributed by atoms with Gasteiger partial charge in [-0.2, -0.15) is 0 Å². The van der Waals surface area contributed by atoms with Gasteiger partial charge >= 0.3 is 0 Å². The summed E-state index contributed by atoms with van der Waals surface area (Å²) in [6, 6.07) is 12.5. The smallest absolute Gasteiger partial charge is 0.293 e. The molecule has 0 saturated carbocycles. The number of amides is 2. The molecule has 5 nitrogen and oxygen atoms in total. The molecule has 0 unspecified atom stereocenters. The van der Waals surface area contributed by atoms with Gasteiger partial charge in [0.15, 0.2) is 11.5 Å². The summed E-state index contributed by atoms with van der Waals surface area (Å²) in [5.74, 6) is 0.864. The third-order valence-electron chi connectivity index (χ3n) is 3.95. The Hall–Kier alpha value is -2.44. The van der Waals surface area contributed by atoms with Gasteiger partial charge in [-0.05, 0) is 54.1 Å². The van der Waals surface area contributed by atoms with Crippen molar-refractivity contribution in [1.82, 2.24) is 4.90 Å². The van der Waals surface area contributed by atoms with Crippen LogP contribution in [0.5, 0.6) is 11.5 Å². The highest BCUT2D eigenvalue weighted by molar-refractivity contribution is 8.18. The fraction of sp³-hybridized carbons (Fsp3) is 0.200. The summed E-state index contributed by atoms with van der Waals surface area (Å²) in [6.45, 7) is 2.52. The summed E-state index contributed by atoms with van der Waals surface area (Å²) in [4.78, 5) is 26.6. The second kappa shape index (κ2) is 8.50. The van der Waals surface area contributed by atoms with E-state index >= 15 is 0 Å². The van der Waals surface area contributed by atoms with Gasteiger partial charge in [-0.25, -0.2) is 0 Å². The molecule has 2 amide bonds. The van der Waals surface area contributed by atoms with Crippen molar-refractivity contribution in [1.29, 1.82) is 0 Å². The Morgan fingerprint density at radius 3 is 2.63 bits per heavy atom. The molecule has 3 rings (SSSR count). The van der Waals surface area contributed by atoms with E-state index in [1.807, 2.05) is 19.1 Å². The lowest BCUT2D eigenvalue weighted by molar-refractivity contribution is -0.123. The normalized spacial score (nSPS) is 15.5. The number of carbonyl (C=O) groups excluding carboxylic acids is 2. The molecule has 1 fully saturated rings. The van der Waals surface area contributed by atoms with Crippen LogP contribution in [0.15, 0.2) is 47.4 Å². The Labute approximate surface area is 166 Å². The standard InChI is InChI=1S/C20H18ClNO4S/c1-3-26-17-10-13(8-9-16(17)25-2)11-18-19(23)22(20(24)27-18)12-14-6-4-5-7-15(14)21/h4-11H,3,12H2,1-2H3/b18-11+. The second-order valence-electron chi connectivity index (χ2n) is 5.70. The van der Waals surface area contributed by atoms with Crippen LogP contribution in [0, 0.1) is 0 Å². The minimum absolute atomic E-state index is 0.147. The molecule has 0 spiro atoms. The van der Waals surface area contributed by atoms with Crippen LogP contribution in [0.3, 0.4) is 0 Å². The lowest BCUT2D eigenvalue weighted by Gasteiger charge is -2.13. The number of halogens is 1. The van der Waals surface area contributed by atoms with E-state index in [4.69, 9.17) is 21.1 Å². The highest BCUT2D eigenvalue weighted by Gasteiger charge is 2.35.